The van der Waals surface area contributed by atoms with Gasteiger partial charge in [-0.25, -0.2) is 0 Å². The lowest BCUT2D eigenvalue weighted by molar-refractivity contribution is 0.287. The monoisotopic (exact) mass is 279 g/mol. The van der Waals surface area contributed by atoms with Crippen LogP contribution in [0, 0.1) is 0 Å². The van der Waals surface area contributed by atoms with E-state index in [0.29, 0.717) is 19.3 Å². The number of hydrogen-bond acceptors (Lipinski definition) is 3. The van der Waals surface area contributed by atoms with E-state index in [9.17, 15) is 0 Å². The Bertz CT molecular complexity index is 379. The van der Waals surface area contributed by atoms with Crippen molar-refractivity contribution < 1.29 is 9.47 Å². The Morgan fingerprint density at radius 1 is 1.00 bits per heavy atom. The van der Waals surface area contributed by atoms with Gasteiger partial charge in [-0.15, -0.1) is 0 Å². The second-order valence-electron chi connectivity index (χ2n) is 4.82. The summed E-state index contributed by atoms with van der Waals surface area (Å²) in [6.07, 6.45) is 3.61. The van der Waals surface area contributed by atoms with Crippen molar-refractivity contribution in [2.45, 2.75) is 53.0 Å². The second kappa shape index (κ2) is 9.65. The fourth-order valence-electron chi connectivity index (χ4n) is 2.33. The molecule has 0 heterocycles. The summed E-state index contributed by atoms with van der Waals surface area (Å²) in [4.78, 5) is 0. The number of hydrogen-bond donors (Lipinski definition) is 1. The van der Waals surface area contributed by atoms with E-state index in [2.05, 4.69) is 31.3 Å². The van der Waals surface area contributed by atoms with Gasteiger partial charge in [0.25, 0.3) is 0 Å². The van der Waals surface area contributed by atoms with Gasteiger partial charge in [-0.05, 0) is 44.5 Å². The van der Waals surface area contributed by atoms with Crippen LogP contribution in [0.1, 0.15) is 58.6 Å². The van der Waals surface area contributed by atoms with Gasteiger partial charge in [-0.1, -0.05) is 32.8 Å². The van der Waals surface area contributed by atoms with Crippen LogP contribution in [0.15, 0.2) is 18.2 Å². The molecular weight excluding hydrogens is 250 g/mol. The molecule has 114 valence electrons. The molecule has 0 bridgehead atoms. The van der Waals surface area contributed by atoms with Gasteiger partial charge < -0.3 is 14.8 Å². The van der Waals surface area contributed by atoms with Gasteiger partial charge in [-0.2, -0.15) is 0 Å². The molecule has 1 atom stereocenters. The Morgan fingerprint density at radius 3 is 2.30 bits per heavy atom. The second-order valence-corrected chi connectivity index (χ2v) is 4.82. The summed E-state index contributed by atoms with van der Waals surface area (Å²) in [5.74, 6) is 1.69. The molecule has 1 unspecified atom stereocenters. The summed E-state index contributed by atoms with van der Waals surface area (Å²) in [6, 6.07) is 6.70. The molecular formula is C17H29NO2. The molecule has 20 heavy (non-hydrogen) atoms. The minimum Gasteiger partial charge on any atom is -0.490 e. The van der Waals surface area contributed by atoms with E-state index in [0.717, 1.165) is 24.5 Å². The Labute approximate surface area is 123 Å². The van der Waals surface area contributed by atoms with Crippen molar-refractivity contribution in [3.63, 3.8) is 0 Å². The smallest absolute Gasteiger partial charge is 0.161 e. The lowest BCUT2D eigenvalue weighted by atomic mass is 10.0. The summed E-state index contributed by atoms with van der Waals surface area (Å²) in [6.45, 7) is 10.7. The third-order valence-corrected chi connectivity index (χ3v) is 3.27. The average Bonchev–Trinajstić information content (AvgIpc) is 2.46. The van der Waals surface area contributed by atoms with E-state index < -0.39 is 0 Å². The number of nitrogens with one attached hydrogen (secondary N) is 1. The molecule has 0 fully saturated rings. The van der Waals surface area contributed by atoms with Crippen LogP contribution < -0.4 is 14.8 Å². The SMILES string of the molecule is CCCCC(NCC)c1ccc(OCC)c(OCC)c1. The summed E-state index contributed by atoms with van der Waals surface area (Å²) < 4.78 is 11.3. The van der Waals surface area contributed by atoms with Gasteiger partial charge >= 0.3 is 0 Å². The van der Waals surface area contributed by atoms with E-state index >= 15 is 0 Å². The third-order valence-electron chi connectivity index (χ3n) is 3.27. The first-order valence-electron chi connectivity index (χ1n) is 7.89. The van der Waals surface area contributed by atoms with Crippen molar-refractivity contribution in [2.24, 2.45) is 0 Å². The molecule has 3 heteroatoms. The van der Waals surface area contributed by atoms with Crippen LogP contribution in [0.25, 0.3) is 0 Å². The van der Waals surface area contributed by atoms with E-state index in [-0.39, 0.29) is 0 Å². The molecule has 0 aliphatic heterocycles. The maximum absolute atomic E-state index is 5.71. The molecule has 0 saturated carbocycles. The first-order valence-corrected chi connectivity index (χ1v) is 7.89. The highest BCUT2D eigenvalue weighted by molar-refractivity contribution is 5.44. The average molecular weight is 279 g/mol. The molecule has 0 saturated heterocycles. The summed E-state index contributed by atoms with van der Waals surface area (Å²) >= 11 is 0. The lowest BCUT2D eigenvalue weighted by Gasteiger charge is -2.20. The van der Waals surface area contributed by atoms with Gasteiger partial charge in [0, 0.05) is 6.04 Å². The van der Waals surface area contributed by atoms with Crippen molar-refractivity contribution in [3.05, 3.63) is 23.8 Å². The van der Waals surface area contributed by atoms with Crippen molar-refractivity contribution in [1.82, 2.24) is 5.32 Å². The van der Waals surface area contributed by atoms with Crippen LogP contribution in [-0.4, -0.2) is 19.8 Å². The van der Waals surface area contributed by atoms with Crippen molar-refractivity contribution in [2.75, 3.05) is 19.8 Å². The highest BCUT2D eigenvalue weighted by atomic mass is 16.5. The van der Waals surface area contributed by atoms with E-state index in [4.69, 9.17) is 9.47 Å². The number of unbranched alkanes of at least 4 members (excludes halogenated alkanes) is 1. The third kappa shape index (κ3) is 5.04. The molecule has 3 nitrogen and oxygen atoms in total. The highest BCUT2D eigenvalue weighted by Gasteiger charge is 2.13. The quantitative estimate of drug-likeness (QED) is 0.691. The Kier molecular flexibility index (Phi) is 8.12. The fourth-order valence-corrected chi connectivity index (χ4v) is 2.33. The molecule has 1 aromatic rings. The summed E-state index contributed by atoms with van der Waals surface area (Å²) in [5.41, 5.74) is 1.28. The van der Waals surface area contributed by atoms with Gasteiger partial charge in [0.15, 0.2) is 11.5 Å². The maximum atomic E-state index is 5.71. The number of rotatable bonds is 10. The molecule has 1 N–H and O–H groups in total. The van der Waals surface area contributed by atoms with Crippen LogP contribution in [0.4, 0.5) is 0 Å². The zero-order valence-electron chi connectivity index (χ0n) is 13.4. The molecule has 0 spiro atoms. The summed E-state index contributed by atoms with van der Waals surface area (Å²) in [7, 11) is 0. The van der Waals surface area contributed by atoms with Crippen LogP contribution in [0.3, 0.4) is 0 Å². The van der Waals surface area contributed by atoms with Crippen LogP contribution in [0.2, 0.25) is 0 Å². The molecule has 0 aliphatic carbocycles. The first kappa shape index (κ1) is 16.8. The van der Waals surface area contributed by atoms with Crippen LogP contribution in [-0.2, 0) is 0 Å². The van der Waals surface area contributed by atoms with Gasteiger partial charge in [0.05, 0.1) is 13.2 Å². The Balaban J connectivity index is 2.93. The minimum absolute atomic E-state index is 0.398. The maximum Gasteiger partial charge on any atom is 0.161 e. The lowest BCUT2D eigenvalue weighted by Crippen LogP contribution is -2.21. The van der Waals surface area contributed by atoms with Gasteiger partial charge in [-0.3, -0.25) is 0 Å². The number of ether oxygens (including phenoxy) is 2. The zero-order chi connectivity index (χ0) is 14.8. The van der Waals surface area contributed by atoms with Gasteiger partial charge in [0.1, 0.15) is 0 Å². The molecule has 0 aliphatic rings. The zero-order valence-corrected chi connectivity index (χ0v) is 13.4. The van der Waals surface area contributed by atoms with Crippen molar-refractivity contribution in [1.29, 1.82) is 0 Å². The molecule has 1 aromatic carbocycles. The molecule has 1 rings (SSSR count). The molecule has 0 amide bonds. The summed E-state index contributed by atoms with van der Waals surface area (Å²) in [5, 5.41) is 3.56. The van der Waals surface area contributed by atoms with E-state index in [1.807, 2.05) is 19.9 Å². The van der Waals surface area contributed by atoms with Crippen LogP contribution >= 0.6 is 0 Å². The minimum atomic E-state index is 0.398. The van der Waals surface area contributed by atoms with Crippen molar-refractivity contribution >= 4 is 0 Å². The first-order chi connectivity index (χ1) is 9.76. The Morgan fingerprint density at radius 2 is 1.70 bits per heavy atom. The van der Waals surface area contributed by atoms with Gasteiger partial charge in [0.2, 0.25) is 0 Å². The predicted octanol–water partition coefficient (Wildman–Crippen LogP) is 4.32. The molecule has 0 aromatic heterocycles. The van der Waals surface area contributed by atoms with Crippen molar-refractivity contribution in [3.8, 4) is 11.5 Å². The van der Waals surface area contributed by atoms with E-state index in [1.165, 1.54) is 18.4 Å². The normalized spacial score (nSPS) is 12.2. The predicted molar refractivity (Wildman–Crippen MR) is 84.7 cm³/mol. The number of benzene rings is 1. The van der Waals surface area contributed by atoms with Crippen LogP contribution in [0.5, 0.6) is 11.5 Å². The topological polar surface area (TPSA) is 30.5 Å². The standard InChI is InChI=1S/C17H29NO2/c1-5-9-10-15(18-6-2)14-11-12-16(19-7-3)17(13-14)20-8-4/h11-13,15,18H,5-10H2,1-4H3. The largest absolute Gasteiger partial charge is 0.490 e. The van der Waals surface area contributed by atoms with E-state index in [1.54, 1.807) is 0 Å². The highest BCUT2D eigenvalue weighted by Crippen LogP contribution is 2.32. The molecule has 0 radical (unpaired) electrons. The fraction of sp³-hybridized carbons (Fsp3) is 0.647. The Hall–Kier alpha value is -1.22.